The van der Waals surface area contributed by atoms with Gasteiger partial charge in [0.15, 0.2) is 0 Å². The van der Waals surface area contributed by atoms with Gasteiger partial charge >= 0.3 is 12.1 Å². The first kappa shape index (κ1) is 25.1. The standard InChI is InChI=1S/C18H30N4O6/c1-10-26-14(23)13(22-28-18(7,8)15(24)19-9)11(2)20-12(3)21-16(25)27-17(4,5)6/h2,10H2,1,3-9H3,(H,19,24)(H,20,21,25)/b22-13-. The number of rotatable bonds is 7. The first-order chi connectivity index (χ1) is 12.7. The summed E-state index contributed by atoms with van der Waals surface area (Å²) in [5, 5.41) is 8.54. The van der Waals surface area contributed by atoms with Crippen LogP contribution in [0, 0.1) is 0 Å². The molecule has 0 bridgehead atoms. The molecule has 0 aromatic heterocycles. The molecule has 28 heavy (non-hydrogen) atoms. The summed E-state index contributed by atoms with van der Waals surface area (Å²) in [6.45, 7) is 14.9. The largest absolute Gasteiger partial charge is 0.461 e. The van der Waals surface area contributed by atoms with Crippen LogP contribution >= 0.6 is 0 Å². The van der Waals surface area contributed by atoms with E-state index in [1.54, 1.807) is 27.7 Å². The summed E-state index contributed by atoms with van der Waals surface area (Å²) in [5.74, 6) is -1.17. The van der Waals surface area contributed by atoms with E-state index in [4.69, 9.17) is 14.3 Å². The van der Waals surface area contributed by atoms with Gasteiger partial charge in [0, 0.05) is 7.05 Å². The van der Waals surface area contributed by atoms with Crippen LogP contribution in [0.2, 0.25) is 0 Å². The number of nitrogens with zero attached hydrogens (tertiary/aromatic N) is 2. The Hall–Kier alpha value is -2.91. The molecule has 0 rings (SSSR count). The predicted octanol–water partition coefficient (Wildman–Crippen LogP) is 1.90. The maximum Gasteiger partial charge on any atom is 0.413 e. The molecule has 0 aromatic carbocycles. The lowest BCUT2D eigenvalue weighted by atomic mass is 10.1. The first-order valence-corrected chi connectivity index (χ1v) is 8.63. The molecule has 2 N–H and O–H groups in total. The van der Waals surface area contributed by atoms with Crippen LogP contribution in [0.3, 0.4) is 0 Å². The molecule has 0 atom stereocenters. The van der Waals surface area contributed by atoms with Gasteiger partial charge < -0.3 is 19.6 Å². The Kier molecular flexibility index (Phi) is 9.35. The van der Waals surface area contributed by atoms with E-state index in [0.717, 1.165) is 0 Å². The van der Waals surface area contributed by atoms with Gasteiger partial charge in [-0.2, -0.15) is 0 Å². The summed E-state index contributed by atoms with van der Waals surface area (Å²) in [5.41, 5.74) is -2.50. The third-order valence-corrected chi connectivity index (χ3v) is 2.87. The Balaban J connectivity index is 5.48. The van der Waals surface area contributed by atoms with E-state index in [1.807, 2.05) is 0 Å². The molecule has 0 aromatic rings. The number of carbonyl (C=O) groups is 3. The number of hydrogen-bond donors (Lipinski definition) is 2. The summed E-state index contributed by atoms with van der Waals surface area (Å²) in [4.78, 5) is 44.9. The minimum atomic E-state index is -1.35. The van der Waals surface area contributed by atoms with E-state index in [2.05, 4.69) is 27.4 Å². The van der Waals surface area contributed by atoms with Gasteiger partial charge in [-0.05, 0) is 48.5 Å². The smallest absolute Gasteiger partial charge is 0.413 e. The first-order valence-electron chi connectivity index (χ1n) is 8.63. The molecule has 0 radical (unpaired) electrons. The molecule has 0 saturated carbocycles. The summed E-state index contributed by atoms with van der Waals surface area (Å²) < 4.78 is 10.0. The average molecular weight is 398 g/mol. The van der Waals surface area contributed by atoms with Gasteiger partial charge in [0.2, 0.25) is 11.3 Å². The van der Waals surface area contributed by atoms with Crippen molar-refractivity contribution < 1.29 is 28.7 Å². The van der Waals surface area contributed by atoms with Crippen LogP contribution < -0.4 is 10.6 Å². The third kappa shape index (κ3) is 9.15. The Labute approximate surface area is 165 Å². The minimum Gasteiger partial charge on any atom is -0.461 e. The number of alkyl carbamates (subject to hydrolysis) is 1. The summed E-state index contributed by atoms with van der Waals surface area (Å²) in [6, 6.07) is 0. The second-order valence-electron chi connectivity index (χ2n) is 7.11. The fourth-order valence-corrected chi connectivity index (χ4v) is 1.64. The highest BCUT2D eigenvalue weighted by molar-refractivity contribution is 6.43. The number of ether oxygens (including phenoxy) is 2. The quantitative estimate of drug-likeness (QED) is 0.292. The summed E-state index contributed by atoms with van der Waals surface area (Å²) >= 11 is 0. The lowest BCUT2D eigenvalue weighted by Gasteiger charge is -2.20. The highest BCUT2D eigenvalue weighted by Gasteiger charge is 2.30. The van der Waals surface area contributed by atoms with E-state index in [-0.39, 0.29) is 23.9 Å². The fraction of sp³-hybridized carbons (Fsp3) is 0.611. The molecule has 0 fully saturated rings. The summed E-state index contributed by atoms with van der Waals surface area (Å²) in [6.07, 6.45) is -0.715. The molecule has 0 aliphatic rings. The number of likely N-dealkylation sites (N-methyl/N-ethyl adjacent to an activating group) is 1. The molecular weight excluding hydrogens is 368 g/mol. The van der Waals surface area contributed by atoms with Crippen LogP contribution in [0.15, 0.2) is 22.4 Å². The molecule has 0 aliphatic heterocycles. The van der Waals surface area contributed by atoms with E-state index < -0.39 is 29.2 Å². The second-order valence-corrected chi connectivity index (χ2v) is 7.11. The molecule has 0 unspecified atom stereocenters. The average Bonchev–Trinajstić information content (AvgIpc) is 2.51. The van der Waals surface area contributed by atoms with Crippen molar-refractivity contribution in [2.75, 3.05) is 13.7 Å². The Morgan fingerprint density at radius 2 is 1.68 bits per heavy atom. The zero-order valence-electron chi connectivity index (χ0n) is 17.8. The van der Waals surface area contributed by atoms with Gasteiger partial charge in [0.05, 0.1) is 12.3 Å². The predicted molar refractivity (Wildman–Crippen MR) is 105 cm³/mol. The number of carbonyl (C=O) groups excluding carboxylic acids is 3. The third-order valence-electron chi connectivity index (χ3n) is 2.87. The number of hydrogen-bond acceptors (Lipinski definition) is 8. The molecule has 0 aliphatic carbocycles. The molecule has 2 amide bonds. The number of esters is 1. The topological polar surface area (TPSA) is 128 Å². The molecule has 10 heteroatoms. The zero-order chi connectivity index (χ0) is 22.1. The molecule has 0 saturated heterocycles. The van der Waals surface area contributed by atoms with Crippen molar-refractivity contribution in [2.45, 2.75) is 59.7 Å². The van der Waals surface area contributed by atoms with Crippen molar-refractivity contribution in [1.82, 2.24) is 10.6 Å². The van der Waals surface area contributed by atoms with Crippen LogP contribution in [0.4, 0.5) is 4.79 Å². The van der Waals surface area contributed by atoms with Gasteiger partial charge in [0.25, 0.3) is 5.91 Å². The van der Waals surface area contributed by atoms with Gasteiger partial charge in [-0.15, -0.1) is 0 Å². The van der Waals surface area contributed by atoms with Crippen LogP contribution in [-0.4, -0.2) is 54.4 Å². The Bertz CT molecular complexity index is 674. The minimum absolute atomic E-state index is 0.0861. The number of amides is 2. The second kappa shape index (κ2) is 10.4. The molecule has 10 nitrogen and oxygen atoms in total. The van der Waals surface area contributed by atoms with Crippen LogP contribution in [0.5, 0.6) is 0 Å². The van der Waals surface area contributed by atoms with Crippen molar-refractivity contribution in [3.05, 3.63) is 12.3 Å². The normalized spacial score (nSPS) is 12.7. The molecule has 0 heterocycles. The SMILES string of the molecule is C=C(N=C(C)NC(=O)OC(C)(C)C)/C(=N/OC(C)(C)C(=O)NC)C(=O)OCC. The van der Waals surface area contributed by atoms with Crippen molar-refractivity contribution >= 4 is 29.5 Å². The van der Waals surface area contributed by atoms with E-state index in [0.29, 0.717) is 0 Å². The van der Waals surface area contributed by atoms with Crippen molar-refractivity contribution in [1.29, 1.82) is 0 Å². The Morgan fingerprint density at radius 1 is 1.11 bits per heavy atom. The van der Waals surface area contributed by atoms with Gasteiger partial charge in [0.1, 0.15) is 11.4 Å². The van der Waals surface area contributed by atoms with Crippen LogP contribution in [0.1, 0.15) is 48.5 Å². The van der Waals surface area contributed by atoms with Gasteiger partial charge in [-0.1, -0.05) is 11.7 Å². The lowest BCUT2D eigenvalue weighted by Crippen LogP contribution is -2.42. The fourth-order valence-electron chi connectivity index (χ4n) is 1.64. The van der Waals surface area contributed by atoms with E-state index in [9.17, 15) is 14.4 Å². The summed E-state index contributed by atoms with van der Waals surface area (Å²) in [7, 11) is 1.44. The number of nitrogens with one attached hydrogen (secondary N) is 2. The monoisotopic (exact) mass is 398 g/mol. The molecule has 158 valence electrons. The highest BCUT2D eigenvalue weighted by Crippen LogP contribution is 2.12. The number of aliphatic imine (C=N–C) groups is 1. The van der Waals surface area contributed by atoms with E-state index >= 15 is 0 Å². The highest BCUT2D eigenvalue weighted by atomic mass is 16.7. The maximum atomic E-state index is 12.2. The Morgan fingerprint density at radius 3 is 2.14 bits per heavy atom. The zero-order valence-corrected chi connectivity index (χ0v) is 17.8. The van der Waals surface area contributed by atoms with Crippen LogP contribution in [-0.2, 0) is 23.9 Å². The molecule has 0 spiro atoms. The van der Waals surface area contributed by atoms with Gasteiger partial charge in [-0.25, -0.2) is 14.6 Å². The number of oxime groups is 1. The van der Waals surface area contributed by atoms with Gasteiger partial charge in [-0.3, -0.25) is 10.1 Å². The van der Waals surface area contributed by atoms with Crippen molar-refractivity contribution in [2.24, 2.45) is 10.1 Å². The van der Waals surface area contributed by atoms with Crippen LogP contribution in [0.25, 0.3) is 0 Å². The molecular formula is C18H30N4O6. The van der Waals surface area contributed by atoms with Crippen molar-refractivity contribution in [3.8, 4) is 0 Å². The lowest BCUT2D eigenvalue weighted by molar-refractivity contribution is -0.143. The van der Waals surface area contributed by atoms with E-state index in [1.165, 1.54) is 27.8 Å². The number of amidine groups is 1. The van der Waals surface area contributed by atoms with Crippen molar-refractivity contribution in [3.63, 3.8) is 0 Å². The maximum absolute atomic E-state index is 12.2.